The van der Waals surface area contributed by atoms with Gasteiger partial charge in [-0.1, -0.05) is 26.0 Å². The van der Waals surface area contributed by atoms with Gasteiger partial charge in [0, 0.05) is 23.5 Å². The monoisotopic (exact) mass is 427 g/mol. The van der Waals surface area contributed by atoms with E-state index in [1.807, 2.05) is 32.9 Å². The van der Waals surface area contributed by atoms with Crippen molar-refractivity contribution in [2.75, 3.05) is 11.9 Å². The molecule has 0 saturated carbocycles. The van der Waals surface area contributed by atoms with Crippen molar-refractivity contribution in [2.24, 2.45) is 10.9 Å². The van der Waals surface area contributed by atoms with E-state index in [1.54, 1.807) is 12.1 Å². The van der Waals surface area contributed by atoms with Crippen LogP contribution in [0.1, 0.15) is 37.0 Å². The van der Waals surface area contributed by atoms with Crippen molar-refractivity contribution in [2.45, 2.75) is 40.0 Å². The molecule has 0 bridgehead atoms. The first kappa shape index (κ1) is 22.7. The molecule has 0 radical (unpaired) electrons. The smallest absolute Gasteiger partial charge is 0.357 e. The summed E-state index contributed by atoms with van der Waals surface area (Å²) in [6.45, 7) is 6.67. The Bertz CT molecular complexity index is 831. The summed E-state index contributed by atoms with van der Waals surface area (Å²) >= 11 is 0.948. The third kappa shape index (κ3) is 7.37. The predicted molar refractivity (Wildman–Crippen MR) is 109 cm³/mol. The minimum atomic E-state index is -4.44. The Labute approximate surface area is 171 Å². The molecule has 0 saturated heterocycles. The number of aromatic nitrogens is 1. The molecule has 2 aromatic rings. The second-order valence-electron chi connectivity index (χ2n) is 6.51. The molecule has 6 nitrogen and oxygen atoms in total. The number of hydrogen-bond acceptors (Lipinski definition) is 4. The summed E-state index contributed by atoms with van der Waals surface area (Å²) in [5.74, 6) is 0.330. The molecular formula is C19H24F3N5OS. The Morgan fingerprint density at radius 1 is 1.21 bits per heavy atom. The van der Waals surface area contributed by atoms with E-state index in [0.717, 1.165) is 22.3 Å². The molecule has 0 spiro atoms. The molecule has 0 unspecified atom stereocenters. The quantitative estimate of drug-likeness (QED) is 0.461. The standard InChI is InChI=1S/C19H24F3N5OS/c1-4-23-18(25-10-16-27-15(11-29-16)19(20,21)22)24-9-13-5-7-14(8-6-13)26-17(28)12(2)3/h5-8,11-12H,4,9-10H2,1-3H3,(H,26,28)(H2,23,24,25). The lowest BCUT2D eigenvalue weighted by atomic mass is 10.2. The number of amides is 1. The number of anilines is 1. The van der Waals surface area contributed by atoms with Crippen molar-refractivity contribution in [3.8, 4) is 0 Å². The molecular weight excluding hydrogens is 403 g/mol. The van der Waals surface area contributed by atoms with Crippen LogP contribution in [0.25, 0.3) is 0 Å². The third-order valence-electron chi connectivity index (χ3n) is 3.76. The van der Waals surface area contributed by atoms with E-state index in [2.05, 4.69) is 25.9 Å². The molecule has 1 aromatic carbocycles. The minimum absolute atomic E-state index is 0.0507. The first-order chi connectivity index (χ1) is 13.7. The fourth-order valence-corrected chi connectivity index (χ4v) is 2.91. The fourth-order valence-electron chi connectivity index (χ4n) is 2.17. The predicted octanol–water partition coefficient (Wildman–Crippen LogP) is 4.01. The maximum Gasteiger partial charge on any atom is 0.434 e. The molecule has 1 aromatic heterocycles. The SMILES string of the molecule is CCNC(=NCc1ccc(NC(=O)C(C)C)cc1)NCc1nc(C(F)(F)F)cs1. The van der Waals surface area contributed by atoms with Crippen LogP contribution in [-0.4, -0.2) is 23.4 Å². The number of rotatable bonds is 7. The number of carbonyl (C=O) groups is 1. The van der Waals surface area contributed by atoms with Crippen LogP contribution in [0.4, 0.5) is 18.9 Å². The number of nitrogens with one attached hydrogen (secondary N) is 3. The van der Waals surface area contributed by atoms with Crippen molar-refractivity contribution < 1.29 is 18.0 Å². The average Bonchev–Trinajstić information content (AvgIpc) is 3.14. The summed E-state index contributed by atoms with van der Waals surface area (Å²) < 4.78 is 37.9. The number of hydrogen-bond donors (Lipinski definition) is 3. The Morgan fingerprint density at radius 3 is 2.45 bits per heavy atom. The maximum atomic E-state index is 12.6. The van der Waals surface area contributed by atoms with Crippen LogP contribution >= 0.6 is 11.3 Å². The highest BCUT2D eigenvalue weighted by atomic mass is 32.1. The van der Waals surface area contributed by atoms with Gasteiger partial charge in [0.15, 0.2) is 11.7 Å². The van der Waals surface area contributed by atoms with E-state index >= 15 is 0 Å². The number of guanidine groups is 1. The largest absolute Gasteiger partial charge is 0.434 e. The molecule has 0 atom stereocenters. The van der Waals surface area contributed by atoms with Gasteiger partial charge in [-0.3, -0.25) is 4.79 Å². The van der Waals surface area contributed by atoms with E-state index in [0.29, 0.717) is 29.7 Å². The van der Waals surface area contributed by atoms with E-state index < -0.39 is 11.9 Å². The van der Waals surface area contributed by atoms with Crippen LogP contribution in [0.5, 0.6) is 0 Å². The van der Waals surface area contributed by atoms with Gasteiger partial charge in [0.05, 0.1) is 13.1 Å². The van der Waals surface area contributed by atoms with Crippen molar-refractivity contribution in [1.82, 2.24) is 15.6 Å². The number of nitrogens with zero attached hydrogens (tertiary/aromatic N) is 2. The lowest BCUT2D eigenvalue weighted by Gasteiger charge is -2.11. The van der Waals surface area contributed by atoms with Gasteiger partial charge in [0.1, 0.15) is 5.01 Å². The Balaban J connectivity index is 1.94. The zero-order valence-corrected chi connectivity index (χ0v) is 17.2. The van der Waals surface area contributed by atoms with Crippen LogP contribution in [0, 0.1) is 5.92 Å². The van der Waals surface area contributed by atoms with E-state index in [4.69, 9.17) is 0 Å². The van der Waals surface area contributed by atoms with E-state index in [-0.39, 0.29) is 18.4 Å². The van der Waals surface area contributed by atoms with Crippen LogP contribution < -0.4 is 16.0 Å². The molecule has 0 aliphatic rings. The molecule has 1 amide bonds. The second-order valence-corrected chi connectivity index (χ2v) is 7.46. The van der Waals surface area contributed by atoms with Crippen molar-refractivity contribution in [1.29, 1.82) is 0 Å². The van der Waals surface area contributed by atoms with E-state index in [1.165, 1.54) is 0 Å². The van der Waals surface area contributed by atoms with Crippen LogP contribution in [0.2, 0.25) is 0 Å². The van der Waals surface area contributed by atoms with Gasteiger partial charge in [-0.2, -0.15) is 13.2 Å². The summed E-state index contributed by atoms with van der Waals surface area (Å²) in [5, 5.41) is 10.2. The molecule has 1 heterocycles. The van der Waals surface area contributed by atoms with Crippen molar-refractivity contribution in [3.05, 3.63) is 45.9 Å². The highest BCUT2D eigenvalue weighted by Gasteiger charge is 2.33. The Hall–Kier alpha value is -2.62. The summed E-state index contributed by atoms with van der Waals surface area (Å²) in [6.07, 6.45) is -4.44. The molecule has 29 heavy (non-hydrogen) atoms. The maximum absolute atomic E-state index is 12.6. The van der Waals surface area contributed by atoms with Gasteiger partial charge in [-0.15, -0.1) is 11.3 Å². The number of alkyl halides is 3. The van der Waals surface area contributed by atoms with Gasteiger partial charge in [0.2, 0.25) is 5.91 Å². The number of carbonyl (C=O) groups excluding carboxylic acids is 1. The van der Waals surface area contributed by atoms with Gasteiger partial charge in [0.25, 0.3) is 0 Å². The average molecular weight is 427 g/mol. The van der Waals surface area contributed by atoms with Gasteiger partial charge < -0.3 is 16.0 Å². The van der Waals surface area contributed by atoms with Crippen LogP contribution in [-0.2, 0) is 24.1 Å². The molecule has 2 rings (SSSR count). The molecule has 0 aliphatic heterocycles. The normalized spacial score (nSPS) is 12.2. The summed E-state index contributed by atoms with van der Waals surface area (Å²) in [7, 11) is 0. The van der Waals surface area contributed by atoms with Crippen LogP contribution in [0.15, 0.2) is 34.6 Å². The number of benzene rings is 1. The van der Waals surface area contributed by atoms with Crippen molar-refractivity contribution in [3.63, 3.8) is 0 Å². The highest BCUT2D eigenvalue weighted by Crippen LogP contribution is 2.29. The summed E-state index contributed by atoms with van der Waals surface area (Å²) in [5.41, 5.74) is 0.759. The first-order valence-electron chi connectivity index (χ1n) is 9.12. The Morgan fingerprint density at radius 2 is 1.90 bits per heavy atom. The molecule has 10 heteroatoms. The second kappa shape index (κ2) is 10.2. The van der Waals surface area contributed by atoms with Gasteiger partial charge in [-0.05, 0) is 24.6 Å². The first-order valence-corrected chi connectivity index (χ1v) is 10.0. The van der Waals surface area contributed by atoms with Gasteiger partial charge in [-0.25, -0.2) is 9.98 Å². The highest BCUT2D eigenvalue weighted by molar-refractivity contribution is 7.09. The van der Waals surface area contributed by atoms with Gasteiger partial charge >= 0.3 is 6.18 Å². The molecule has 158 valence electrons. The van der Waals surface area contributed by atoms with Crippen LogP contribution in [0.3, 0.4) is 0 Å². The lowest BCUT2D eigenvalue weighted by Crippen LogP contribution is -2.36. The molecule has 0 fully saturated rings. The number of aliphatic imine (C=N–C) groups is 1. The molecule has 3 N–H and O–H groups in total. The summed E-state index contributed by atoms with van der Waals surface area (Å²) in [6, 6.07) is 7.33. The fraction of sp³-hybridized carbons (Fsp3) is 0.421. The number of halogens is 3. The minimum Gasteiger partial charge on any atom is -0.357 e. The topological polar surface area (TPSA) is 78.4 Å². The lowest BCUT2D eigenvalue weighted by molar-refractivity contribution is -0.140. The number of thiazole rings is 1. The summed E-state index contributed by atoms with van der Waals surface area (Å²) in [4.78, 5) is 19.7. The van der Waals surface area contributed by atoms with Crippen molar-refractivity contribution >= 4 is 28.9 Å². The third-order valence-corrected chi connectivity index (χ3v) is 4.61. The zero-order chi connectivity index (χ0) is 21.4. The van der Waals surface area contributed by atoms with E-state index in [9.17, 15) is 18.0 Å². The Kier molecular flexibility index (Phi) is 8.00. The zero-order valence-electron chi connectivity index (χ0n) is 16.4. The molecule has 0 aliphatic carbocycles.